The summed E-state index contributed by atoms with van der Waals surface area (Å²) in [6.07, 6.45) is 8.22. The molecular formula is C26H23N3O5S. The second-order valence-corrected chi connectivity index (χ2v) is 8.58. The fourth-order valence-corrected chi connectivity index (χ4v) is 3.89. The maximum Gasteiger partial charge on any atom is 0.270 e. The Balaban J connectivity index is 1.71. The number of amides is 1. The number of nitro benzene ring substituents is 1. The van der Waals surface area contributed by atoms with E-state index in [0.29, 0.717) is 40.8 Å². The number of phenolic OH excluding ortho intramolecular Hbond substituents is 1. The van der Waals surface area contributed by atoms with Crippen molar-refractivity contribution < 1.29 is 19.2 Å². The van der Waals surface area contributed by atoms with E-state index < -0.39 is 4.92 Å². The zero-order valence-corrected chi connectivity index (χ0v) is 19.8. The summed E-state index contributed by atoms with van der Waals surface area (Å²) >= 11 is 5.32. The van der Waals surface area contributed by atoms with Gasteiger partial charge in [-0.3, -0.25) is 20.2 Å². The number of nitrogens with one attached hydrogen (secondary N) is 1. The van der Waals surface area contributed by atoms with Crippen LogP contribution in [-0.4, -0.2) is 25.8 Å². The third-order valence-corrected chi connectivity index (χ3v) is 5.75. The van der Waals surface area contributed by atoms with Gasteiger partial charge in [-0.1, -0.05) is 55.9 Å². The molecule has 9 heteroatoms. The number of carbonyl (C=O) groups is 1. The number of unbranched alkanes of at least 4 members (excludes halogenated alkanes) is 1. The average molecular weight is 490 g/mol. The number of aromatic nitrogens is 1. The van der Waals surface area contributed by atoms with Gasteiger partial charge in [-0.05, 0) is 35.8 Å². The highest BCUT2D eigenvalue weighted by Crippen LogP contribution is 2.38. The number of hydrogen-bond acceptors (Lipinski definition) is 7. The van der Waals surface area contributed by atoms with Crippen LogP contribution in [-0.2, 0) is 4.79 Å². The molecule has 1 heterocycles. The fraction of sp³-hybridized carbons (Fsp3) is 0.192. The summed E-state index contributed by atoms with van der Waals surface area (Å²) in [5, 5.41) is 24.7. The van der Waals surface area contributed by atoms with Gasteiger partial charge in [-0.25, -0.2) is 4.98 Å². The number of benzene rings is 2. The first-order valence-corrected chi connectivity index (χ1v) is 11.6. The van der Waals surface area contributed by atoms with Crippen molar-refractivity contribution in [1.82, 2.24) is 4.98 Å². The van der Waals surface area contributed by atoms with Gasteiger partial charge in [0.05, 0.1) is 10.5 Å². The molecule has 0 saturated heterocycles. The molecule has 1 amide bonds. The minimum absolute atomic E-state index is 0.0430. The van der Waals surface area contributed by atoms with Gasteiger partial charge in [0.25, 0.3) is 5.69 Å². The number of nitro groups is 1. The second-order valence-electron chi connectivity index (χ2n) is 8.06. The lowest BCUT2D eigenvalue weighted by molar-refractivity contribution is -0.384. The molecule has 8 nitrogen and oxygen atoms in total. The largest absolute Gasteiger partial charge is 0.507 e. The lowest BCUT2D eigenvalue weighted by Crippen LogP contribution is -2.11. The third-order valence-electron chi connectivity index (χ3n) is 5.46. The van der Waals surface area contributed by atoms with Gasteiger partial charge in [0.2, 0.25) is 17.7 Å². The van der Waals surface area contributed by atoms with Crippen LogP contribution in [0.1, 0.15) is 38.3 Å². The van der Waals surface area contributed by atoms with Crippen LogP contribution in [0.15, 0.2) is 65.1 Å². The zero-order chi connectivity index (χ0) is 24.9. The van der Waals surface area contributed by atoms with E-state index in [2.05, 4.69) is 10.3 Å². The number of allylic oxidation sites excluding steroid dienone is 4. The van der Waals surface area contributed by atoms with E-state index in [1.54, 1.807) is 24.3 Å². The van der Waals surface area contributed by atoms with Crippen LogP contribution < -0.4 is 5.32 Å². The lowest BCUT2D eigenvalue weighted by atomic mass is 10.0. The summed E-state index contributed by atoms with van der Waals surface area (Å²) in [7, 11) is 0. The van der Waals surface area contributed by atoms with Crippen molar-refractivity contribution >= 4 is 40.1 Å². The second kappa shape index (κ2) is 10.4. The molecule has 0 saturated carbocycles. The van der Waals surface area contributed by atoms with Crippen molar-refractivity contribution in [1.29, 1.82) is 0 Å². The fourth-order valence-electron chi connectivity index (χ4n) is 3.66. The number of non-ortho nitro benzene ring substituents is 1. The minimum Gasteiger partial charge on any atom is -0.507 e. The smallest absolute Gasteiger partial charge is 0.270 e. The summed E-state index contributed by atoms with van der Waals surface area (Å²) in [4.78, 5) is 28.3. The van der Waals surface area contributed by atoms with Gasteiger partial charge < -0.3 is 9.52 Å². The molecule has 0 fully saturated rings. The van der Waals surface area contributed by atoms with Crippen LogP contribution in [0.4, 0.5) is 11.6 Å². The Labute approximate surface area is 207 Å². The Bertz CT molecular complexity index is 1370. The molecule has 1 aromatic heterocycles. The highest BCUT2D eigenvalue weighted by atomic mass is 32.1. The van der Waals surface area contributed by atoms with Crippen molar-refractivity contribution in [3.63, 3.8) is 0 Å². The van der Waals surface area contributed by atoms with Crippen LogP contribution in [0, 0.1) is 10.1 Å². The van der Waals surface area contributed by atoms with Crippen molar-refractivity contribution in [3.8, 4) is 28.3 Å². The van der Waals surface area contributed by atoms with Crippen molar-refractivity contribution in [3.05, 3.63) is 76.5 Å². The number of aromatic hydroxyl groups is 1. The maximum atomic E-state index is 12.4. The van der Waals surface area contributed by atoms with E-state index in [4.69, 9.17) is 16.6 Å². The summed E-state index contributed by atoms with van der Waals surface area (Å²) in [6, 6.07) is 11.0. The molecule has 178 valence electrons. The van der Waals surface area contributed by atoms with Crippen LogP contribution in [0.25, 0.3) is 28.2 Å². The van der Waals surface area contributed by atoms with Gasteiger partial charge in [0.15, 0.2) is 0 Å². The van der Waals surface area contributed by atoms with E-state index in [9.17, 15) is 20.0 Å². The molecule has 35 heavy (non-hydrogen) atoms. The summed E-state index contributed by atoms with van der Waals surface area (Å²) in [5.74, 6) is 0.00176. The molecule has 0 atom stereocenters. The first-order valence-electron chi connectivity index (χ1n) is 11.2. The zero-order valence-electron chi connectivity index (χ0n) is 19.0. The molecule has 4 rings (SSSR count). The van der Waals surface area contributed by atoms with Crippen LogP contribution >= 0.6 is 12.2 Å². The molecule has 1 aliphatic rings. The Hall–Kier alpha value is -4.11. The number of hydrogen-bond donors (Lipinski definition) is 2. The van der Waals surface area contributed by atoms with E-state index >= 15 is 0 Å². The minimum atomic E-state index is -0.470. The van der Waals surface area contributed by atoms with E-state index in [1.165, 1.54) is 18.2 Å². The van der Waals surface area contributed by atoms with E-state index in [0.717, 1.165) is 17.7 Å². The quantitative estimate of drug-likeness (QED) is 0.212. The van der Waals surface area contributed by atoms with Gasteiger partial charge in [-0.15, -0.1) is 0 Å². The van der Waals surface area contributed by atoms with E-state index in [-0.39, 0.29) is 29.1 Å². The van der Waals surface area contributed by atoms with Crippen molar-refractivity contribution in [2.75, 3.05) is 5.32 Å². The monoisotopic (exact) mass is 489 g/mol. The number of phenols is 1. The number of anilines is 1. The molecule has 2 aromatic carbocycles. The predicted octanol–water partition coefficient (Wildman–Crippen LogP) is 6.46. The van der Waals surface area contributed by atoms with Gasteiger partial charge in [0.1, 0.15) is 11.4 Å². The topological polar surface area (TPSA) is 118 Å². The van der Waals surface area contributed by atoms with Crippen LogP contribution in [0.3, 0.4) is 0 Å². The Kier molecular flexibility index (Phi) is 7.17. The van der Waals surface area contributed by atoms with Gasteiger partial charge in [0, 0.05) is 35.4 Å². The van der Waals surface area contributed by atoms with E-state index in [1.807, 2.05) is 25.2 Å². The van der Waals surface area contributed by atoms with Crippen molar-refractivity contribution in [2.24, 2.45) is 0 Å². The number of rotatable bonds is 8. The third kappa shape index (κ3) is 5.52. The molecule has 0 unspecified atom stereocenters. The first-order chi connectivity index (χ1) is 16.9. The highest BCUT2D eigenvalue weighted by molar-refractivity contribution is 7.80. The lowest BCUT2D eigenvalue weighted by Gasteiger charge is -2.07. The number of carbonyl (C=O) groups excluding carboxylic acids is 1. The number of thiocarbonyl (C=S) groups is 1. The molecule has 0 aliphatic heterocycles. The average Bonchev–Trinajstić information content (AvgIpc) is 3.26. The normalized spacial score (nSPS) is 12.9. The maximum absolute atomic E-state index is 12.4. The Morgan fingerprint density at radius 1 is 1.26 bits per heavy atom. The van der Waals surface area contributed by atoms with Crippen LogP contribution in [0.2, 0.25) is 0 Å². The number of nitrogens with zero attached hydrogens (tertiary/aromatic N) is 2. The molecule has 2 N–H and O–H groups in total. The Morgan fingerprint density at radius 2 is 2.06 bits per heavy atom. The Morgan fingerprint density at radius 3 is 2.77 bits per heavy atom. The highest BCUT2D eigenvalue weighted by Gasteiger charge is 2.22. The molecule has 0 bridgehead atoms. The predicted molar refractivity (Wildman–Crippen MR) is 138 cm³/mol. The summed E-state index contributed by atoms with van der Waals surface area (Å²) < 4.78 is 5.91. The van der Waals surface area contributed by atoms with Crippen LogP contribution in [0.5, 0.6) is 5.75 Å². The standard InChI is InChI=1S/C26H23N3O5S/c1-2-3-10-23(31)27-26-24(18-7-5-9-20(35)14-18)28-25(34-26)21-12-11-17(15-22(21)30)16-6-4-8-19(13-16)29(32)33/h4-8,11-15,30H,2-3,9-10H2,1H3,(H,27,31). The van der Waals surface area contributed by atoms with Gasteiger partial charge in [-0.2, -0.15) is 0 Å². The molecule has 0 spiro atoms. The molecule has 3 aromatic rings. The molecular weight excluding hydrogens is 466 g/mol. The first kappa shape index (κ1) is 24.0. The molecule has 0 radical (unpaired) electrons. The van der Waals surface area contributed by atoms with Gasteiger partial charge >= 0.3 is 0 Å². The SMILES string of the molecule is CCCCC(=O)Nc1oc(-c2ccc(-c3cccc([N+](=O)[O-])c3)cc2O)nc1C1=CC(=S)CC=C1. The van der Waals surface area contributed by atoms with Crippen molar-refractivity contribution in [2.45, 2.75) is 32.6 Å². The number of oxazole rings is 1. The summed E-state index contributed by atoms with van der Waals surface area (Å²) in [5.41, 5.74) is 2.58. The molecule has 1 aliphatic carbocycles. The summed E-state index contributed by atoms with van der Waals surface area (Å²) in [6.45, 7) is 2.00.